The summed E-state index contributed by atoms with van der Waals surface area (Å²) >= 11 is 1.54. The number of nitrogens with one attached hydrogen (secondary N) is 1. The number of hydrogen-bond donors (Lipinski definition) is 3. The lowest BCUT2D eigenvalue weighted by Gasteiger charge is -2.18. The summed E-state index contributed by atoms with van der Waals surface area (Å²) in [6, 6.07) is 16.0. The molecule has 3 rings (SSSR count). The monoisotopic (exact) mass is 545 g/mol. The van der Waals surface area contributed by atoms with Gasteiger partial charge in [0.25, 0.3) is 5.91 Å². The number of aryl methyl sites for hydroxylation is 1. The third-order valence-corrected chi connectivity index (χ3v) is 5.66. The SMILES string of the molecule is CS(N)(=O)=O.CSCC[C@H](NC(=O)c1ccc(COc2cccnc2)cc1-c1ccccc1C)C(=O)O. The number of rotatable bonds is 10. The molecule has 0 saturated heterocycles. The lowest BCUT2D eigenvalue weighted by atomic mass is 9.93. The number of aliphatic carboxylic acids is 1. The molecule has 0 aliphatic heterocycles. The van der Waals surface area contributed by atoms with Gasteiger partial charge in [-0.2, -0.15) is 11.8 Å². The normalized spacial score (nSPS) is 11.6. The van der Waals surface area contributed by atoms with Crippen LogP contribution in [0, 0.1) is 6.92 Å². The maximum absolute atomic E-state index is 13.1. The number of pyridine rings is 1. The number of carboxylic acids is 1. The third-order valence-electron chi connectivity index (χ3n) is 5.02. The van der Waals surface area contributed by atoms with Gasteiger partial charge in [-0.05, 0) is 71.9 Å². The van der Waals surface area contributed by atoms with Crippen LogP contribution in [-0.2, 0) is 21.4 Å². The lowest BCUT2D eigenvalue weighted by Crippen LogP contribution is -2.41. The van der Waals surface area contributed by atoms with Gasteiger partial charge in [-0.1, -0.05) is 30.3 Å². The van der Waals surface area contributed by atoms with Gasteiger partial charge < -0.3 is 15.2 Å². The number of carbonyl (C=O) groups excluding carboxylic acids is 1. The lowest BCUT2D eigenvalue weighted by molar-refractivity contribution is -0.139. The predicted octanol–water partition coefficient (Wildman–Crippen LogP) is 3.48. The van der Waals surface area contributed by atoms with Crippen molar-refractivity contribution in [3.63, 3.8) is 0 Å². The number of carbonyl (C=O) groups is 2. The van der Waals surface area contributed by atoms with Gasteiger partial charge in [-0.15, -0.1) is 0 Å². The Balaban J connectivity index is 0.000000877. The maximum atomic E-state index is 13.1. The van der Waals surface area contributed by atoms with Crippen LogP contribution in [0.5, 0.6) is 5.75 Å². The fourth-order valence-electron chi connectivity index (χ4n) is 3.31. The minimum Gasteiger partial charge on any atom is -0.487 e. The summed E-state index contributed by atoms with van der Waals surface area (Å²) in [5.41, 5.74) is 3.99. The number of sulfonamides is 1. The number of carboxylic acid groups (broad SMARTS) is 1. The van der Waals surface area contributed by atoms with Gasteiger partial charge in [0.2, 0.25) is 10.0 Å². The number of hydrogen-bond acceptors (Lipinski definition) is 7. The average Bonchev–Trinajstić information content (AvgIpc) is 2.85. The van der Waals surface area contributed by atoms with E-state index < -0.39 is 27.9 Å². The van der Waals surface area contributed by atoms with Crippen molar-refractivity contribution in [3.8, 4) is 16.9 Å². The van der Waals surface area contributed by atoms with Gasteiger partial charge in [-0.3, -0.25) is 9.78 Å². The molecule has 0 fully saturated rings. The molecule has 0 unspecified atom stereocenters. The molecule has 11 heteroatoms. The zero-order valence-electron chi connectivity index (χ0n) is 20.9. The van der Waals surface area contributed by atoms with Crippen LogP contribution in [0.2, 0.25) is 0 Å². The zero-order chi connectivity index (χ0) is 27.4. The Morgan fingerprint density at radius 2 is 1.84 bits per heavy atom. The number of ether oxygens (including phenoxy) is 1. The first-order valence-corrected chi connectivity index (χ1v) is 14.6. The first kappa shape index (κ1) is 29.8. The standard InChI is InChI=1S/C25H26N2O4S.CH5NO2S/c1-17-6-3-4-8-20(17)22-14-18(16-31-19-7-5-12-26-15-19)9-10-21(22)24(28)27-23(25(29)30)11-13-32-2;1-5(2,3)4/h3-10,12,14-15,23H,11,13,16H2,1-2H3,(H,27,28)(H,29,30);1H3,(H2,2,3,4)/t23-;/m0./s1. The summed E-state index contributed by atoms with van der Waals surface area (Å²) in [4.78, 5) is 28.8. The average molecular weight is 546 g/mol. The highest BCUT2D eigenvalue weighted by Gasteiger charge is 2.22. The van der Waals surface area contributed by atoms with Crippen LogP contribution in [0.3, 0.4) is 0 Å². The van der Waals surface area contributed by atoms with E-state index >= 15 is 0 Å². The van der Waals surface area contributed by atoms with E-state index in [9.17, 15) is 23.1 Å². The van der Waals surface area contributed by atoms with Gasteiger partial charge in [0.1, 0.15) is 18.4 Å². The molecule has 0 radical (unpaired) electrons. The summed E-state index contributed by atoms with van der Waals surface area (Å²) in [6.45, 7) is 2.30. The maximum Gasteiger partial charge on any atom is 0.326 e. The van der Waals surface area contributed by atoms with E-state index in [0.717, 1.165) is 28.5 Å². The molecule has 4 N–H and O–H groups in total. The molecule has 1 atom stereocenters. The largest absolute Gasteiger partial charge is 0.487 e. The molecule has 9 nitrogen and oxygen atoms in total. The fourth-order valence-corrected chi connectivity index (χ4v) is 3.78. The van der Waals surface area contributed by atoms with Crippen LogP contribution in [0.15, 0.2) is 67.0 Å². The van der Waals surface area contributed by atoms with Crippen molar-refractivity contribution in [1.29, 1.82) is 0 Å². The van der Waals surface area contributed by atoms with Crippen molar-refractivity contribution in [2.75, 3.05) is 18.3 Å². The summed E-state index contributed by atoms with van der Waals surface area (Å²) in [5, 5.41) is 16.5. The first-order valence-electron chi connectivity index (χ1n) is 11.2. The second-order valence-electron chi connectivity index (χ2n) is 8.15. The van der Waals surface area contributed by atoms with Crippen LogP contribution in [0.1, 0.15) is 27.9 Å². The van der Waals surface area contributed by atoms with Gasteiger partial charge in [0.05, 0.1) is 12.5 Å². The van der Waals surface area contributed by atoms with E-state index in [2.05, 4.69) is 15.4 Å². The van der Waals surface area contributed by atoms with E-state index in [0.29, 0.717) is 30.1 Å². The Morgan fingerprint density at radius 3 is 2.43 bits per heavy atom. The molecule has 1 aromatic heterocycles. The number of thioether (sulfide) groups is 1. The first-order chi connectivity index (χ1) is 17.5. The Kier molecular flexibility index (Phi) is 11.6. The van der Waals surface area contributed by atoms with Crippen LogP contribution < -0.4 is 15.2 Å². The molecular formula is C26H31N3O6S2. The molecule has 3 aromatic rings. The molecule has 37 heavy (non-hydrogen) atoms. The van der Waals surface area contributed by atoms with Crippen molar-refractivity contribution in [1.82, 2.24) is 10.3 Å². The molecule has 198 valence electrons. The van der Waals surface area contributed by atoms with Gasteiger partial charge in [0, 0.05) is 11.8 Å². The molecule has 0 aliphatic carbocycles. The van der Waals surface area contributed by atoms with Crippen molar-refractivity contribution in [2.45, 2.75) is 26.0 Å². The molecule has 0 saturated carbocycles. The summed E-state index contributed by atoms with van der Waals surface area (Å²) in [6.07, 6.45) is 6.53. The Bertz CT molecular complexity index is 1290. The van der Waals surface area contributed by atoms with Gasteiger partial charge in [-0.25, -0.2) is 18.4 Å². The smallest absolute Gasteiger partial charge is 0.326 e. The highest BCUT2D eigenvalue weighted by Crippen LogP contribution is 2.29. The van der Waals surface area contributed by atoms with E-state index in [-0.39, 0.29) is 0 Å². The number of primary sulfonamides is 1. The highest BCUT2D eigenvalue weighted by molar-refractivity contribution is 7.98. The van der Waals surface area contributed by atoms with Crippen LogP contribution >= 0.6 is 11.8 Å². The zero-order valence-corrected chi connectivity index (χ0v) is 22.5. The topological polar surface area (TPSA) is 149 Å². The second-order valence-corrected chi connectivity index (χ2v) is 10.8. The molecule has 0 aliphatic rings. The second kappa shape index (κ2) is 14.4. The number of aromatic nitrogens is 1. The summed E-state index contributed by atoms with van der Waals surface area (Å²) in [5.74, 6) is -0.139. The summed E-state index contributed by atoms with van der Waals surface area (Å²) in [7, 11) is -3.17. The van der Waals surface area contributed by atoms with Crippen LogP contribution in [-0.4, -0.2) is 54.7 Å². The van der Waals surface area contributed by atoms with E-state index in [1.807, 2.05) is 55.6 Å². The van der Waals surface area contributed by atoms with Gasteiger partial charge >= 0.3 is 5.97 Å². The van der Waals surface area contributed by atoms with Crippen molar-refractivity contribution in [3.05, 3.63) is 83.7 Å². The van der Waals surface area contributed by atoms with Crippen LogP contribution in [0.25, 0.3) is 11.1 Å². The number of benzene rings is 2. The Labute approximate surface area is 221 Å². The molecule has 1 amide bonds. The fraction of sp³-hybridized carbons (Fsp3) is 0.269. The third kappa shape index (κ3) is 10.6. The van der Waals surface area contributed by atoms with Crippen molar-refractivity contribution >= 4 is 33.7 Å². The van der Waals surface area contributed by atoms with Crippen molar-refractivity contribution < 1.29 is 27.9 Å². The molecular weight excluding hydrogens is 514 g/mol. The van der Waals surface area contributed by atoms with E-state index in [1.165, 1.54) is 0 Å². The number of nitrogens with zero attached hydrogens (tertiary/aromatic N) is 1. The Morgan fingerprint density at radius 1 is 1.14 bits per heavy atom. The van der Waals surface area contributed by atoms with Gasteiger partial charge in [0.15, 0.2) is 0 Å². The minimum atomic E-state index is -3.17. The number of nitrogens with two attached hydrogens (primary N) is 1. The summed E-state index contributed by atoms with van der Waals surface area (Å²) < 4.78 is 24.6. The quantitative estimate of drug-likeness (QED) is 0.351. The highest BCUT2D eigenvalue weighted by atomic mass is 32.2. The van der Waals surface area contributed by atoms with E-state index in [1.54, 1.807) is 36.3 Å². The van der Waals surface area contributed by atoms with Crippen molar-refractivity contribution in [2.24, 2.45) is 5.14 Å². The predicted molar refractivity (Wildman–Crippen MR) is 146 cm³/mol. The van der Waals surface area contributed by atoms with E-state index in [4.69, 9.17) is 4.74 Å². The minimum absolute atomic E-state index is 0.317. The number of amides is 1. The van der Waals surface area contributed by atoms with Crippen LogP contribution in [0.4, 0.5) is 0 Å². The molecule has 2 aromatic carbocycles. The molecule has 0 spiro atoms. The molecule has 1 heterocycles. The molecule has 0 bridgehead atoms. The Hall–Kier alpha value is -3.41.